The molecule has 1 saturated heterocycles. The van der Waals surface area contributed by atoms with Crippen molar-refractivity contribution in [3.8, 4) is 11.3 Å². The number of hydrogen-bond acceptors (Lipinski definition) is 5. The van der Waals surface area contributed by atoms with Crippen LogP contribution in [-0.2, 0) is 11.3 Å². The van der Waals surface area contributed by atoms with E-state index in [2.05, 4.69) is 15.1 Å². The lowest BCUT2D eigenvalue weighted by Gasteiger charge is -2.14. The first-order valence-corrected chi connectivity index (χ1v) is 9.19. The van der Waals surface area contributed by atoms with Gasteiger partial charge in [-0.1, -0.05) is 23.7 Å². The SMILES string of the molecule is O=c1c2c(-c3cccc(Cl)c3)n3ncnc3nc2ccn1CC1CCCO1. The summed E-state index contributed by atoms with van der Waals surface area (Å²) in [6, 6.07) is 9.20. The van der Waals surface area contributed by atoms with Crippen molar-refractivity contribution in [1.29, 1.82) is 0 Å². The Balaban J connectivity index is 1.80. The van der Waals surface area contributed by atoms with Crippen LogP contribution >= 0.6 is 11.6 Å². The van der Waals surface area contributed by atoms with Gasteiger partial charge in [0.05, 0.1) is 29.2 Å². The molecular weight excluding hydrogens is 366 g/mol. The van der Waals surface area contributed by atoms with Crippen LogP contribution in [0.2, 0.25) is 5.02 Å². The molecule has 4 aromatic rings. The summed E-state index contributed by atoms with van der Waals surface area (Å²) in [6.07, 6.45) is 5.26. The number of rotatable bonds is 3. The van der Waals surface area contributed by atoms with Crippen LogP contribution in [0.15, 0.2) is 47.7 Å². The molecule has 0 bridgehead atoms. The summed E-state index contributed by atoms with van der Waals surface area (Å²) in [5.41, 5.74) is 1.89. The summed E-state index contributed by atoms with van der Waals surface area (Å²) in [5.74, 6) is 0.439. The van der Waals surface area contributed by atoms with E-state index >= 15 is 0 Å². The molecule has 4 heterocycles. The smallest absolute Gasteiger partial charge is 0.262 e. The molecule has 0 radical (unpaired) electrons. The molecule has 1 aromatic carbocycles. The van der Waals surface area contributed by atoms with Crippen molar-refractivity contribution < 1.29 is 4.74 Å². The van der Waals surface area contributed by atoms with Gasteiger partial charge in [0, 0.05) is 23.4 Å². The molecule has 0 N–H and O–H groups in total. The highest BCUT2D eigenvalue weighted by Crippen LogP contribution is 2.28. The van der Waals surface area contributed by atoms with Crippen LogP contribution in [0.4, 0.5) is 0 Å². The van der Waals surface area contributed by atoms with E-state index in [1.807, 2.05) is 24.3 Å². The monoisotopic (exact) mass is 381 g/mol. The average molecular weight is 382 g/mol. The van der Waals surface area contributed by atoms with E-state index in [0.29, 0.717) is 33.9 Å². The lowest BCUT2D eigenvalue weighted by atomic mass is 10.1. The fourth-order valence-corrected chi connectivity index (χ4v) is 3.81. The lowest BCUT2D eigenvalue weighted by molar-refractivity contribution is 0.0963. The molecule has 3 aromatic heterocycles. The predicted molar refractivity (Wildman–Crippen MR) is 102 cm³/mol. The van der Waals surface area contributed by atoms with Crippen molar-refractivity contribution in [3.63, 3.8) is 0 Å². The van der Waals surface area contributed by atoms with Crippen LogP contribution in [0.25, 0.3) is 27.9 Å². The summed E-state index contributed by atoms with van der Waals surface area (Å²) in [7, 11) is 0. The number of pyridine rings is 1. The maximum Gasteiger partial charge on any atom is 0.262 e. The summed E-state index contributed by atoms with van der Waals surface area (Å²) < 4.78 is 8.97. The Morgan fingerprint density at radius 3 is 3.04 bits per heavy atom. The second-order valence-electron chi connectivity index (χ2n) is 6.61. The molecule has 0 aliphatic carbocycles. The minimum absolute atomic E-state index is 0.0674. The molecule has 1 unspecified atom stereocenters. The third-order valence-corrected chi connectivity index (χ3v) is 5.10. The zero-order chi connectivity index (χ0) is 18.4. The highest BCUT2D eigenvalue weighted by molar-refractivity contribution is 6.30. The van der Waals surface area contributed by atoms with Crippen molar-refractivity contribution in [2.45, 2.75) is 25.5 Å². The van der Waals surface area contributed by atoms with Gasteiger partial charge in [-0.2, -0.15) is 14.6 Å². The van der Waals surface area contributed by atoms with Gasteiger partial charge in [-0.15, -0.1) is 0 Å². The minimum Gasteiger partial charge on any atom is -0.376 e. The van der Waals surface area contributed by atoms with E-state index in [1.165, 1.54) is 6.33 Å². The summed E-state index contributed by atoms with van der Waals surface area (Å²) in [4.78, 5) is 22.0. The average Bonchev–Trinajstić information content (AvgIpc) is 3.34. The third kappa shape index (κ3) is 2.79. The third-order valence-electron chi connectivity index (χ3n) is 4.86. The van der Waals surface area contributed by atoms with Crippen molar-refractivity contribution in [2.75, 3.05) is 6.61 Å². The molecule has 1 atom stereocenters. The molecule has 8 heteroatoms. The molecule has 1 fully saturated rings. The normalized spacial score (nSPS) is 17.1. The molecular formula is C19H16ClN5O2. The number of halogens is 1. The van der Waals surface area contributed by atoms with Crippen LogP contribution in [-0.4, -0.2) is 36.9 Å². The minimum atomic E-state index is -0.122. The summed E-state index contributed by atoms with van der Waals surface area (Å²) in [5, 5.41) is 5.36. The van der Waals surface area contributed by atoms with E-state index in [0.717, 1.165) is 25.0 Å². The topological polar surface area (TPSA) is 74.3 Å². The van der Waals surface area contributed by atoms with Gasteiger partial charge in [0.15, 0.2) is 0 Å². The second-order valence-corrected chi connectivity index (χ2v) is 7.05. The van der Waals surface area contributed by atoms with Gasteiger partial charge in [-0.3, -0.25) is 4.79 Å². The fraction of sp³-hybridized carbons (Fsp3) is 0.263. The number of nitrogens with zero attached hydrogens (tertiary/aromatic N) is 5. The van der Waals surface area contributed by atoms with E-state index < -0.39 is 0 Å². The first-order chi connectivity index (χ1) is 13.2. The highest BCUT2D eigenvalue weighted by atomic mass is 35.5. The number of ether oxygens (including phenoxy) is 1. The van der Waals surface area contributed by atoms with Crippen LogP contribution in [0, 0.1) is 0 Å². The van der Waals surface area contributed by atoms with Crippen molar-refractivity contribution in [1.82, 2.24) is 24.1 Å². The Bertz CT molecular complexity index is 1210. The molecule has 0 saturated carbocycles. The molecule has 136 valence electrons. The number of fused-ring (bicyclic) bond motifs is 2. The fourth-order valence-electron chi connectivity index (χ4n) is 3.62. The molecule has 27 heavy (non-hydrogen) atoms. The van der Waals surface area contributed by atoms with Gasteiger partial charge in [0.2, 0.25) is 0 Å². The standard InChI is InChI=1S/C19H16ClN5O2/c20-13-4-1-3-12(9-13)17-16-15(23-19-21-11-22-25(17)19)6-7-24(18(16)26)10-14-5-2-8-27-14/h1,3-4,6-7,9,11,14H,2,5,8,10H2. The maximum absolute atomic E-state index is 13.3. The van der Waals surface area contributed by atoms with E-state index in [-0.39, 0.29) is 11.7 Å². The number of aromatic nitrogens is 5. The van der Waals surface area contributed by atoms with Crippen LogP contribution in [0.5, 0.6) is 0 Å². The first kappa shape index (κ1) is 16.4. The highest BCUT2D eigenvalue weighted by Gasteiger charge is 2.20. The van der Waals surface area contributed by atoms with E-state index in [9.17, 15) is 4.79 Å². The van der Waals surface area contributed by atoms with Gasteiger partial charge >= 0.3 is 0 Å². The summed E-state index contributed by atoms with van der Waals surface area (Å²) >= 11 is 6.19. The van der Waals surface area contributed by atoms with Crippen molar-refractivity contribution in [3.05, 3.63) is 58.2 Å². The predicted octanol–water partition coefficient (Wildman–Crippen LogP) is 2.94. The largest absolute Gasteiger partial charge is 0.376 e. The van der Waals surface area contributed by atoms with Crippen molar-refractivity contribution >= 4 is 28.3 Å². The van der Waals surface area contributed by atoms with Gasteiger partial charge in [0.1, 0.15) is 6.33 Å². The Kier molecular flexibility index (Phi) is 3.91. The van der Waals surface area contributed by atoms with Crippen molar-refractivity contribution in [2.24, 2.45) is 0 Å². The lowest BCUT2D eigenvalue weighted by Crippen LogP contribution is -2.27. The van der Waals surface area contributed by atoms with Gasteiger partial charge in [-0.25, -0.2) is 4.98 Å². The molecule has 5 rings (SSSR count). The Labute approximate surface area is 159 Å². The number of hydrogen-bond donors (Lipinski definition) is 0. The first-order valence-electron chi connectivity index (χ1n) is 8.81. The Hall–Kier alpha value is -2.77. The molecule has 0 amide bonds. The van der Waals surface area contributed by atoms with E-state index in [1.54, 1.807) is 21.3 Å². The van der Waals surface area contributed by atoms with Crippen LogP contribution < -0.4 is 5.56 Å². The maximum atomic E-state index is 13.3. The molecule has 0 spiro atoms. The van der Waals surface area contributed by atoms with Crippen LogP contribution in [0.3, 0.4) is 0 Å². The van der Waals surface area contributed by atoms with Gasteiger partial charge in [0.25, 0.3) is 11.3 Å². The van der Waals surface area contributed by atoms with Gasteiger partial charge < -0.3 is 9.30 Å². The zero-order valence-electron chi connectivity index (χ0n) is 14.4. The second kappa shape index (κ2) is 6.44. The zero-order valence-corrected chi connectivity index (χ0v) is 15.1. The number of benzene rings is 1. The Morgan fingerprint density at radius 2 is 2.22 bits per heavy atom. The van der Waals surface area contributed by atoms with E-state index in [4.69, 9.17) is 16.3 Å². The molecule has 7 nitrogen and oxygen atoms in total. The van der Waals surface area contributed by atoms with Crippen LogP contribution in [0.1, 0.15) is 12.8 Å². The molecule has 1 aliphatic heterocycles. The molecule has 1 aliphatic rings. The summed E-state index contributed by atoms with van der Waals surface area (Å²) in [6.45, 7) is 1.28. The Morgan fingerprint density at radius 1 is 1.30 bits per heavy atom. The quantitative estimate of drug-likeness (QED) is 0.545. The van der Waals surface area contributed by atoms with Gasteiger partial charge in [-0.05, 0) is 31.0 Å².